The summed E-state index contributed by atoms with van der Waals surface area (Å²) in [6.45, 7) is 0.743. The van der Waals surface area contributed by atoms with E-state index in [2.05, 4.69) is 0 Å². The van der Waals surface area contributed by atoms with Crippen LogP contribution in [0.3, 0.4) is 0 Å². The van der Waals surface area contributed by atoms with E-state index in [1.54, 1.807) is 36.4 Å². The topological polar surface area (TPSA) is 196 Å². The van der Waals surface area contributed by atoms with Gasteiger partial charge in [-0.1, -0.05) is 36.4 Å². The molecule has 0 aliphatic carbocycles. The highest BCUT2D eigenvalue weighted by Crippen LogP contribution is 2.45. The molecule has 15 nitrogen and oxygen atoms in total. The predicted octanol–water partition coefficient (Wildman–Crippen LogP) is 3.62. The number of ether oxygens (including phenoxy) is 2. The fraction of sp³-hybridized carbons (Fsp3) is 0.200. The summed E-state index contributed by atoms with van der Waals surface area (Å²) in [5.41, 5.74) is -1.77. The molecule has 1 aromatic heterocycles. The molecular weight excluding hydrogens is 625 g/mol. The first-order valence-electron chi connectivity index (χ1n) is 13.7. The lowest BCUT2D eigenvalue weighted by Crippen LogP contribution is -2.45. The van der Waals surface area contributed by atoms with E-state index in [0.717, 1.165) is 28.8 Å². The molecule has 1 N–H and O–H groups in total. The molecule has 0 spiro atoms. The molecule has 0 amide bonds. The Hall–Kier alpha value is -5.21. The molecule has 0 saturated carbocycles. The molecular formula is C30H26N3O12P. The van der Waals surface area contributed by atoms with Gasteiger partial charge in [-0.2, -0.15) is 4.57 Å². The molecule has 1 unspecified atom stereocenters. The van der Waals surface area contributed by atoms with Gasteiger partial charge in [0.15, 0.2) is 0 Å². The van der Waals surface area contributed by atoms with Crippen molar-refractivity contribution in [2.75, 3.05) is 6.61 Å². The Morgan fingerprint density at radius 1 is 1.00 bits per heavy atom. The van der Waals surface area contributed by atoms with Gasteiger partial charge in [-0.3, -0.25) is 33.7 Å². The number of nitro groups is 1. The highest BCUT2D eigenvalue weighted by atomic mass is 31.2. The monoisotopic (exact) mass is 651 g/mol. The third-order valence-electron chi connectivity index (χ3n) is 6.94. The first kappa shape index (κ1) is 32.2. The van der Waals surface area contributed by atoms with Crippen LogP contribution in [0.15, 0.2) is 101 Å². The molecule has 4 aromatic rings. The minimum Gasteiger partial charge on any atom is -0.456 e. The summed E-state index contributed by atoms with van der Waals surface area (Å²) >= 11 is 0. The average Bonchev–Trinajstić information content (AvgIpc) is 3.44. The lowest BCUT2D eigenvalue weighted by molar-refractivity contribution is -0.384. The van der Waals surface area contributed by atoms with Crippen LogP contribution in [-0.4, -0.2) is 49.6 Å². The molecule has 1 aliphatic heterocycles. The molecule has 238 valence electrons. The van der Waals surface area contributed by atoms with Crippen LogP contribution in [0.2, 0.25) is 0 Å². The van der Waals surface area contributed by atoms with Crippen molar-refractivity contribution in [1.82, 2.24) is 9.13 Å². The smallest absolute Gasteiger partial charge is 0.456 e. The van der Waals surface area contributed by atoms with Gasteiger partial charge in [0.05, 0.1) is 17.1 Å². The molecule has 46 heavy (non-hydrogen) atoms. The first-order chi connectivity index (χ1) is 21.9. The summed E-state index contributed by atoms with van der Waals surface area (Å²) in [5, 5.41) is 10.9. The van der Waals surface area contributed by atoms with Crippen molar-refractivity contribution >= 4 is 25.4 Å². The van der Waals surface area contributed by atoms with Gasteiger partial charge in [-0.05, 0) is 43.3 Å². The molecule has 3 aromatic carbocycles. The number of rotatable bonds is 10. The summed E-state index contributed by atoms with van der Waals surface area (Å²) in [4.78, 5) is 73.1. The zero-order chi connectivity index (χ0) is 33.0. The van der Waals surface area contributed by atoms with E-state index in [-0.39, 0.29) is 34.5 Å². The fourth-order valence-electron chi connectivity index (χ4n) is 4.67. The Labute approximate surface area is 259 Å². The standard InChI is InChI=1S/C30H26N3O12P/c1-19-17-31(30(37)32(27(19)34)28(35)20-8-4-2-5-9-20)26-16-24(44-29(36)21-10-6-3-7-11-21)25(43-26)18-42-46(40,41)45-23-14-12-22(13-15-23)33(38)39/h2-15,17,24-26H,16,18H2,1H3,(H,40,41)/t24-,25+,26+/m0/s1. The summed E-state index contributed by atoms with van der Waals surface area (Å²) in [6.07, 6.45) is -2.51. The van der Waals surface area contributed by atoms with Crippen LogP contribution in [0.5, 0.6) is 5.75 Å². The average molecular weight is 652 g/mol. The molecule has 5 rings (SSSR count). The lowest BCUT2D eigenvalue weighted by atomic mass is 10.1. The fourth-order valence-corrected chi connectivity index (χ4v) is 5.45. The van der Waals surface area contributed by atoms with E-state index < -0.39 is 60.9 Å². The van der Waals surface area contributed by atoms with E-state index in [4.69, 9.17) is 18.5 Å². The Morgan fingerprint density at radius 2 is 1.61 bits per heavy atom. The zero-order valence-electron chi connectivity index (χ0n) is 24.0. The van der Waals surface area contributed by atoms with Crippen LogP contribution in [-0.2, 0) is 18.6 Å². The number of hydrogen-bond donors (Lipinski definition) is 1. The highest BCUT2D eigenvalue weighted by molar-refractivity contribution is 7.47. The van der Waals surface area contributed by atoms with Gasteiger partial charge in [0.25, 0.3) is 17.2 Å². The molecule has 1 fully saturated rings. The number of phosphoric ester groups is 1. The molecule has 0 bridgehead atoms. The number of aryl methyl sites for hydroxylation is 1. The van der Waals surface area contributed by atoms with Gasteiger partial charge in [-0.15, -0.1) is 0 Å². The van der Waals surface area contributed by atoms with Crippen molar-refractivity contribution in [3.63, 3.8) is 0 Å². The van der Waals surface area contributed by atoms with Crippen LogP contribution < -0.4 is 15.8 Å². The van der Waals surface area contributed by atoms with Crippen molar-refractivity contribution in [3.8, 4) is 5.75 Å². The van der Waals surface area contributed by atoms with Gasteiger partial charge < -0.3 is 14.0 Å². The normalized spacial score (nSPS) is 18.8. The first-order valence-corrected chi connectivity index (χ1v) is 15.2. The number of esters is 1. The van der Waals surface area contributed by atoms with Crippen LogP contribution in [0.4, 0.5) is 5.69 Å². The Balaban J connectivity index is 1.40. The Morgan fingerprint density at radius 3 is 2.22 bits per heavy atom. The maximum atomic E-state index is 13.5. The van der Waals surface area contributed by atoms with Gasteiger partial charge in [-0.25, -0.2) is 14.2 Å². The summed E-state index contributed by atoms with van der Waals surface area (Å²) in [5.74, 6) is -1.80. The van der Waals surface area contributed by atoms with Crippen molar-refractivity contribution < 1.29 is 42.5 Å². The van der Waals surface area contributed by atoms with Gasteiger partial charge >= 0.3 is 19.5 Å². The SMILES string of the molecule is Cc1cn([C@H]2C[C@H](OC(=O)c3ccccc3)[C@@H](COP(=O)(O)Oc3ccc([N+](=O)[O-])cc3)O2)c(=O)n(C(=O)c2ccccc2)c1=O. The summed E-state index contributed by atoms with van der Waals surface area (Å²) in [7, 11) is -4.84. The van der Waals surface area contributed by atoms with Gasteiger partial charge in [0, 0.05) is 35.9 Å². The largest absolute Gasteiger partial charge is 0.527 e. The second kappa shape index (κ2) is 13.4. The molecule has 2 heterocycles. The van der Waals surface area contributed by atoms with Gasteiger partial charge in [0.2, 0.25) is 0 Å². The third kappa shape index (κ3) is 7.19. The highest BCUT2D eigenvalue weighted by Gasteiger charge is 2.42. The predicted molar refractivity (Wildman–Crippen MR) is 160 cm³/mol. The number of aromatic nitrogens is 2. The maximum absolute atomic E-state index is 13.5. The van der Waals surface area contributed by atoms with Gasteiger partial charge in [0.1, 0.15) is 24.2 Å². The Bertz CT molecular complexity index is 1930. The number of non-ortho nitro benzene ring substituents is 1. The molecule has 1 saturated heterocycles. The van der Waals surface area contributed by atoms with Crippen molar-refractivity contribution in [2.24, 2.45) is 0 Å². The lowest BCUT2D eigenvalue weighted by Gasteiger charge is -2.20. The summed E-state index contributed by atoms with van der Waals surface area (Å²) in [6, 6.07) is 20.1. The minimum atomic E-state index is -4.84. The van der Waals surface area contributed by atoms with E-state index in [9.17, 15) is 38.8 Å². The maximum Gasteiger partial charge on any atom is 0.527 e. The van der Waals surface area contributed by atoms with Crippen LogP contribution >= 0.6 is 7.82 Å². The number of nitro benzene ring substituents is 1. The van der Waals surface area contributed by atoms with E-state index in [0.29, 0.717) is 4.57 Å². The van der Waals surface area contributed by atoms with Crippen LogP contribution in [0.1, 0.15) is 38.9 Å². The van der Waals surface area contributed by atoms with Crippen LogP contribution in [0.25, 0.3) is 0 Å². The van der Waals surface area contributed by atoms with Crippen molar-refractivity contribution in [2.45, 2.75) is 31.8 Å². The number of nitrogens with zero attached hydrogens (tertiary/aromatic N) is 3. The van der Waals surface area contributed by atoms with E-state index in [1.165, 1.54) is 37.4 Å². The number of carbonyl (C=O) groups excluding carboxylic acids is 2. The third-order valence-corrected chi connectivity index (χ3v) is 7.85. The van der Waals surface area contributed by atoms with Crippen LogP contribution in [0, 0.1) is 17.0 Å². The number of hydrogen-bond acceptors (Lipinski definition) is 11. The minimum absolute atomic E-state index is 0.0429. The summed E-state index contributed by atoms with van der Waals surface area (Å²) < 4.78 is 36.0. The second-order valence-corrected chi connectivity index (χ2v) is 11.5. The van der Waals surface area contributed by atoms with E-state index in [1.807, 2.05) is 0 Å². The molecule has 1 aliphatic rings. The molecule has 16 heteroatoms. The quantitative estimate of drug-likeness (QED) is 0.113. The number of carbonyl (C=O) groups is 2. The zero-order valence-corrected chi connectivity index (χ0v) is 24.9. The number of phosphoric acid groups is 1. The Kier molecular flexibility index (Phi) is 9.39. The molecule has 4 atom stereocenters. The van der Waals surface area contributed by atoms with Crippen molar-refractivity contribution in [3.05, 3.63) is 139 Å². The number of benzene rings is 3. The second-order valence-electron chi connectivity index (χ2n) is 10.1. The van der Waals surface area contributed by atoms with Crippen molar-refractivity contribution in [1.29, 1.82) is 0 Å². The molecule has 0 radical (unpaired) electrons. The van der Waals surface area contributed by atoms with E-state index >= 15 is 0 Å².